The zero-order valence-electron chi connectivity index (χ0n) is 14.1. The van der Waals surface area contributed by atoms with Gasteiger partial charge in [0.25, 0.3) is 5.91 Å². The van der Waals surface area contributed by atoms with Crippen molar-refractivity contribution >= 4 is 17.9 Å². The zero-order chi connectivity index (χ0) is 17.6. The van der Waals surface area contributed by atoms with Gasteiger partial charge in [0.05, 0.1) is 12.5 Å². The van der Waals surface area contributed by atoms with Crippen molar-refractivity contribution in [1.29, 1.82) is 0 Å². The van der Waals surface area contributed by atoms with Crippen molar-refractivity contribution in [2.45, 2.75) is 19.8 Å². The van der Waals surface area contributed by atoms with Crippen LogP contribution in [0.5, 0.6) is 0 Å². The quantitative estimate of drug-likeness (QED) is 0.841. The number of furan rings is 1. The normalized spacial score (nSPS) is 15.6. The molecule has 2 amide bonds. The van der Waals surface area contributed by atoms with Gasteiger partial charge in [-0.25, -0.2) is 0 Å². The number of likely N-dealkylation sites (tertiary alicyclic amines) is 1. The van der Waals surface area contributed by atoms with Crippen LogP contribution < -0.4 is 5.32 Å². The number of carbonyl (C=O) groups is 2. The Morgan fingerprint density at radius 1 is 1.40 bits per heavy atom. The number of hydrogen-bond acceptors (Lipinski definition) is 5. The van der Waals surface area contributed by atoms with Crippen LogP contribution in [0.15, 0.2) is 39.6 Å². The van der Waals surface area contributed by atoms with Crippen LogP contribution in [-0.2, 0) is 4.79 Å². The third-order valence-electron chi connectivity index (χ3n) is 4.41. The average Bonchev–Trinajstić information content (AvgIpc) is 3.29. The second kappa shape index (κ2) is 7.83. The summed E-state index contributed by atoms with van der Waals surface area (Å²) in [7, 11) is 0. The van der Waals surface area contributed by atoms with Gasteiger partial charge in [-0.15, -0.1) is 0 Å². The minimum absolute atomic E-state index is 0.0148. The van der Waals surface area contributed by atoms with Crippen LogP contribution in [0.2, 0.25) is 0 Å². The number of carbonyl (C=O) groups excluding carboxylic acids is 2. The van der Waals surface area contributed by atoms with E-state index in [2.05, 4.69) is 10.5 Å². The fourth-order valence-electron chi connectivity index (χ4n) is 2.85. The van der Waals surface area contributed by atoms with E-state index in [0.29, 0.717) is 42.6 Å². The molecule has 2 aromatic heterocycles. The third-order valence-corrected chi connectivity index (χ3v) is 4.41. The summed E-state index contributed by atoms with van der Waals surface area (Å²) in [4.78, 5) is 26.0. The Kier molecular flexibility index (Phi) is 5.33. The van der Waals surface area contributed by atoms with Crippen LogP contribution in [0.1, 0.15) is 34.7 Å². The number of hydrogen-bond donors (Lipinski definition) is 1. The molecule has 1 saturated heterocycles. The smallest absolute Gasteiger partial charge is 0.256 e. The number of nitrogens with zero attached hydrogens (tertiary/aromatic N) is 2. The molecule has 0 unspecified atom stereocenters. The molecule has 0 saturated carbocycles. The summed E-state index contributed by atoms with van der Waals surface area (Å²) in [6.45, 7) is 3.68. The van der Waals surface area contributed by atoms with Gasteiger partial charge < -0.3 is 19.2 Å². The lowest BCUT2D eigenvalue weighted by Gasteiger charge is -2.31. The van der Waals surface area contributed by atoms with Gasteiger partial charge in [0.15, 0.2) is 0 Å². The van der Waals surface area contributed by atoms with Crippen molar-refractivity contribution in [1.82, 2.24) is 15.4 Å². The molecule has 0 bridgehead atoms. The molecule has 7 heteroatoms. The molecule has 0 atom stereocenters. The third kappa shape index (κ3) is 4.37. The number of aromatic nitrogens is 1. The summed E-state index contributed by atoms with van der Waals surface area (Å²) < 4.78 is 10.1. The molecular formula is C18H21N3O4. The summed E-state index contributed by atoms with van der Waals surface area (Å²) >= 11 is 0. The fraction of sp³-hybridized carbons (Fsp3) is 0.389. The first-order chi connectivity index (χ1) is 12.1. The Hall–Kier alpha value is -2.83. The molecule has 0 spiro atoms. The second-order valence-corrected chi connectivity index (χ2v) is 6.12. The number of rotatable bonds is 5. The minimum atomic E-state index is -0.168. The predicted molar refractivity (Wildman–Crippen MR) is 90.6 cm³/mol. The van der Waals surface area contributed by atoms with Crippen LogP contribution in [0.25, 0.3) is 6.08 Å². The molecule has 0 aromatic carbocycles. The molecule has 25 heavy (non-hydrogen) atoms. The van der Waals surface area contributed by atoms with E-state index < -0.39 is 0 Å². The molecule has 3 heterocycles. The van der Waals surface area contributed by atoms with Crippen molar-refractivity contribution < 1.29 is 18.5 Å². The number of piperidine rings is 1. The molecule has 7 nitrogen and oxygen atoms in total. The second-order valence-electron chi connectivity index (χ2n) is 6.12. The average molecular weight is 343 g/mol. The summed E-state index contributed by atoms with van der Waals surface area (Å²) in [6, 6.07) is 3.58. The summed E-state index contributed by atoms with van der Waals surface area (Å²) in [5.74, 6) is 1.36. The largest absolute Gasteiger partial charge is 0.465 e. The molecule has 1 fully saturated rings. The van der Waals surface area contributed by atoms with Crippen molar-refractivity contribution in [3.8, 4) is 0 Å². The minimum Gasteiger partial charge on any atom is -0.465 e. The van der Waals surface area contributed by atoms with E-state index in [1.165, 1.54) is 12.3 Å². The number of amides is 2. The van der Waals surface area contributed by atoms with Crippen LogP contribution in [0.3, 0.4) is 0 Å². The topological polar surface area (TPSA) is 88.6 Å². The highest BCUT2D eigenvalue weighted by Gasteiger charge is 2.22. The monoisotopic (exact) mass is 343 g/mol. The lowest BCUT2D eigenvalue weighted by molar-refractivity contribution is -0.127. The van der Waals surface area contributed by atoms with Crippen LogP contribution in [0.4, 0.5) is 0 Å². The van der Waals surface area contributed by atoms with E-state index in [1.54, 1.807) is 31.4 Å². The summed E-state index contributed by atoms with van der Waals surface area (Å²) in [6.07, 6.45) is 7.94. The number of aryl methyl sites for hydroxylation is 1. The Labute approximate surface area is 145 Å². The SMILES string of the molecule is Cc1oncc1C(=O)NCC1CCN(C(=O)/C=C/c2ccco2)CC1. The fourth-order valence-corrected chi connectivity index (χ4v) is 2.85. The van der Waals surface area contributed by atoms with Gasteiger partial charge in [0.1, 0.15) is 17.1 Å². The zero-order valence-corrected chi connectivity index (χ0v) is 14.1. The first-order valence-electron chi connectivity index (χ1n) is 8.33. The highest BCUT2D eigenvalue weighted by atomic mass is 16.5. The van der Waals surface area contributed by atoms with E-state index in [0.717, 1.165) is 12.8 Å². The predicted octanol–water partition coefficient (Wildman–Crippen LogP) is 2.26. The van der Waals surface area contributed by atoms with Crippen LogP contribution in [-0.4, -0.2) is 41.5 Å². The Bertz CT molecular complexity index is 740. The van der Waals surface area contributed by atoms with Crippen LogP contribution in [0, 0.1) is 12.8 Å². The molecule has 132 valence electrons. The van der Waals surface area contributed by atoms with Crippen molar-refractivity contribution in [3.05, 3.63) is 47.8 Å². The Balaban J connectivity index is 1.42. The molecule has 1 aliphatic heterocycles. The molecule has 3 rings (SSSR count). The first-order valence-corrected chi connectivity index (χ1v) is 8.33. The van der Waals surface area contributed by atoms with E-state index >= 15 is 0 Å². The van der Waals surface area contributed by atoms with Crippen LogP contribution >= 0.6 is 0 Å². The summed E-state index contributed by atoms with van der Waals surface area (Å²) in [5, 5.41) is 6.52. The van der Waals surface area contributed by atoms with E-state index in [9.17, 15) is 9.59 Å². The number of nitrogens with one attached hydrogen (secondary N) is 1. The van der Waals surface area contributed by atoms with E-state index in [4.69, 9.17) is 8.94 Å². The van der Waals surface area contributed by atoms with Crippen molar-refractivity contribution in [3.63, 3.8) is 0 Å². The van der Waals surface area contributed by atoms with E-state index in [1.807, 2.05) is 4.90 Å². The van der Waals surface area contributed by atoms with Gasteiger partial charge in [-0.1, -0.05) is 5.16 Å². The first kappa shape index (κ1) is 17.0. The Morgan fingerprint density at radius 3 is 2.84 bits per heavy atom. The maximum absolute atomic E-state index is 12.2. The molecule has 1 N–H and O–H groups in total. The standard InChI is InChI=1S/C18H21N3O4/c1-13-16(12-20-25-13)18(23)19-11-14-6-8-21(9-7-14)17(22)5-4-15-3-2-10-24-15/h2-5,10,12,14H,6-9,11H2,1H3,(H,19,23)/b5-4+. The molecule has 1 aliphatic rings. The molecule has 0 aliphatic carbocycles. The van der Waals surface area contributed by atoms with Crippen molar-refractivity contribution in [2.75, 3.05) is 19.6 Å². The van der Waals surface area contributed by atoms with E-state index in [-0.39, 0.29) is 11.8 Å². The summed E-state index contributed by atoms with van der Waals surface area (Å²) in [5.41, 5.74) is 0.468. The van der Waals surface area contributed by atoms with Gasteiger partial charge >= 0.3 is 0 Å². The lowest BCUT2D eigenvalue weighted by Crippen LogP contribution is -2.41. The van der Waals surface area contributed by atoms with Gasteiger partial charge in [0, 0.05) is 25.7 Å². The molecule has 2 aromatic rings. The van der Waals surface area contributed by atoms with Gasteiger partial charge in [-0.3, -0.25) is 9.59 Å². The van der Waals surface area contributed by atoms with Gasteiger partial charge in [-0.2, -0.15) is 0 Å². The highest BCUT2D eigenvalue weighted by molar-refractivity contribution is 5.94. The Morgan fingerprint density at radius 2 is 2.20 bits per heavy atom. The van der Waals surface area contributed by atoms with Crippen molar-refractivity contribution in [2.24, 2.45) is 5.92 Å². The lowest BCUT2D eigenvalue weighted by atomic mass is 9.96. The molecule has 0 radical (unpaired) electrons. The maximum atomic E-state index is 12.2. The van der Waals surface area contributed by atoms with Gasteiger partial charge in [-0.05, 0) is 43.9 Å². The molecular weight excluding hydrogens is 322 g/mol. The maximum Gasteiger partial charge on any atom is 0.256 e. The van der Waals surface area contributed by atoms with Gasteiger partial charge in [0.2, 0.25) is 5.91 Å². The highest BCUT2D eigenvalue weighted by Crippen LogP contribution is 2.17.